The van der Waals surface area contributed by atoms with Gasteiger partial charge in [-0.05, 0) is 12.1 Å². The van der Waals surface area contributed by atoms with E-state index in [1.165, 1.54) is 6.07 Å². The molecular weight excluding hydrogens is 249 g/mol. The normalized spacial score (nSPS) is 12.6. The van der Waals surface area contributed by atoms with Gasteiger partial charge in [0.05, 0.1) is 5.56 Å². The number of anilines is 1. The zero-order valence-electron chi connectivity index (χ0n) is 9.65. The van der Waals surface area contributed by atoms with Gasteiger partial charge in [0, 0.05) is 26.2 Å². The molecule has 0 aromatic carbocycles. The first kappa shape index (κ1) is 14.1. The Labute approximate surface area is 102 Å². The summed E-state index contributed by atoms with van der Waals surface area (Å²) >= 11 is 0. The summed E-state index contributed by atoms with van der Waals surface area (Å²) in [7, 11) is 1.65. The smallest absolute Gasteiger partial charge is 0.409 e. The summed E-state index contributed by atoms with van der Waals surface area (Å²) in [6.45, 7) is 0.383. The predicted molar refractivity (Wildman–Crippen MR) is 60.5 cm³/mol. The van der Waals surface area contributed by atoms with E-state index >= 15 is 0 Å². The standard InChI is InChI=1S/C10H13F3N4O/c1-17(5-4-8(14)16-18)9-3-2-7(6-15-9)10(11,12)13/h2-3,6,18H,4-5H2,1H3,(H2,14,16). The van der Waals surface area contributed by atoms with E-state index < -0.39 is 11.7 Å². The second kappa shape index (κ2) is 5.56. The molecule has 0 bridgehead atoms. The molecule has 1 rings (SSSR count). The number of pyridine rings is 1. The van der Waals surface area contributed by atoms with Gasteiger partial charge in [0.15, 0.2) is 0 Å². The number of nitrogens with two attached hydrogens (primary N) is 1. The summed E-state index contributed by atoms with van der Waals surface area (Å²) in [5.74, 6) is 0.433. The van der Waals surface area contributed by atoms with Crippen molar-refractivity contribution in [1.82, 2.24) is 4.98 Å². The van der Waals surface area contributed by atoms with Crippen LogP contribution >= 0.6 is 0 Å². The zero-order chi connectivity index (χ0) is 13.8. The lowest BCUT2D eigenvalue weighted by atomic mass is 10.2. The lowest BCUT2D eigenvalue weighted by molar-refractivity contribution is -0.137. The van der Waals surface area contributed by atoms with Gasteiger partial charge in [-0.15, -0.1) is 0 Å². The van der Waals surface area contributed by atoms with Crippen molar-refractivity contribution < 1.29 is 18.4 Å². The molecule has 8 heteroatoms. The third-order valence-electron chi connectivity index (χ3n) is 2.30. The van der Waals surface area contributed by atoms with Gasteiger partial charge >= 0.3 is 6.18 Å². The first-order chi connectivity index (χ1) is 8.34. The SMILES string of the molecule is CN(CC/C(N)=N/O)c1ccc(C(F)(F)F)cn1. The Balaban J connectivity index is 2.68. The third kappa shape index (κ3) is 3.79. The van der Waals surface area contributed by atoms with Crippen molar-refractivity contribution in [3.63, 3.8) is 0 Å². The molecule has 0 amide bonds. The number of rotatable bonds is 4. The lowest BCUT2D eigenvalue weighted by Crippen LogP contribution is -2.25. The molecular formula is C10H13F3N4O. The summed E-state index contributed by atoms with van der Waals surface area (Å²) in [4.78, 5) is 5.32. The van der Waals surface area contributed by atoms with Crippen LogP contribution in [0.4, 0.5) is 19.0 Å². The Morgan fingerprint density at radius 2 is 2.17 bits per heavy atom. The summed E-state index contributed by atoms with van der Waals surface area (Å²) < 4.78 is 36.9. The fraction of sp³-hybridized carbons (Fsp3) is 0.400. The Morgan fingerprint density at radius 3 is 2.61 bits per heavy atom. The maximum absolute atomic E-state index is 12.3. The summed E-state index contributed by atoms with van der Waals surface area (Å²) in [5, 5.41) is 11.1. The molecule has 1 heterocycles. The third-order valence-corrected chi connectivity index (χ3v) is 2.30. The molecule has 0 saturated heterocycles. The molecule has 100 valence electrons. The number of alkyl halides is 3. The van der Waals surface area contributed by atoms with E-state index in [2.05, 4.69) is 10.1 Å². The van der Waals surface area contributed by atoms with Crippen LogP contribution in [0.15, 0.2) is 23.5 Å². The number of amidine groups is 1. The van der Waals surface area contributed by atoms with E-state index in [9.17, 15) is 13.2 Å². The predicted octanol–water partition coefficient (Wildman–Crippen LogP) is 1.67. The van der Waals surface area contributed by atoms with Crippen LogP contribution in [0.2, 0.25) is 0 Å². The molecule has 0 spiro atoms. The molecule has 0 atom stereocenters. The number of hydrogen-bond acceptors (Lipinski definition) is 4. The fourth-order valence-electron chi connectivity index (χ4n) is 1.23. The molecule has 0 aliphatic carbocycles. The fourth-order valence-corrected chi connectivity index (χ4v) is 1.23. The second-order valence-electron chi connectivity index (χ2n) is 3.67. The number of nitrogens with zero attached hydrogens (tertiary/aromatic N) is 3. The maximum Gasteiger partial charge on any atom is 0.417 e. The monoisotopic (exact) mass is 262 g/mol. The average molecular weight is 262 g/mol. The molecule has 1 aromatic rings. The minimum atomic E-state index is -4.39. The van der Waals surface area contributed by atoms with E-state index in [4.69, 9.17) is 10.9 Å². The molecule has 0 saturated carbocycles. The van der Waals surface area contributed by atoms with Crippen LogP contribution < -0.4 is 10.6 Å². The molecule has 1 aromatic heterocycles. The van der Waals surface area contributed by atoms with Gasteiger partial charge in [0.25, 0.3) is 0 Å². The first-order valence-electron chi connectivity index (χ1n) is 5.05. The zero-order valence-corrected chi connectivity index (χ0v) is 9.65. The van der Waals surface area contributed by atoms with Crippen molar-refractivity contribution in [3.8, 4) is 0 Å². The van der Waals surface area contributed by atoms with Gasteiger partial charge in [0.2, 0.25) is 0 Å². The van der Waals surface area contributed by atoms with Crippen molar-refractivity contribution in [2.24, 2.45) is 10.9 Å². The molecule has 0 unspecified atom stereocenters. The summed E-state index contributed by atoms with van der Waals surface area (Å²) in [6, 6.07) is 2.23. The van der Waals surface area contributed by atoms with Crippen LogP contribution in [0.3, 0.4) is 0 Å². The Bertz CT molecular complexity index is 416. The van der Waals surface area contributed by atoms with E-state index in [-0.39, 0.29) is 12.3 Å². The first-order valence-corrected chi connectivity index (χ1v) is 5.05. The number of hydrogen-bond donors (Lipinski definition) is 2. The highest BCUT2D eigenvalue weighted by atomic mass is 19.4. The molecule has 3 N–H and O–H groups in total. The van der Waals surface area contributed by atoms with Crippen LogP contribution in [-0.4, -0.2) is 29.6 Å². The number of oxime groups is 1. The Morgan fingerprint density at radius 1 is 1.50 bits per heavy atom. The molecule has 0 radical (unpaired) electrons. The Hall–Kier alpha value is -1.99. The molecule has 0 fully saturated rings. The van der Waals surface area contributed by atoms with E-state index in [0.29, 0.717) is 12.4 Å². The highest BCUT2D eigenvalue weighted by Crippen LogP contribution is 2.29. The van der Waals surface area contributed by atoms with Crippen molar-refractivity contribution in [2.75, 3.05) is 18.5 Å². The Kier molecular flexibility index (Phi) is 4.35. The van der Waals surface area contributed by atoms with Gasteiger partial charge in [-0.2, -0.15) is 13.2 Å². The lowest BCUT2D eigenvalue weighted by Gasteiger charge is -2.18. The quantitative estimate of drug-likeness (QED) is 0.374. The van der Waals surface area contributed by atoms with Crippen LogP contribution in [-0.2, 0) is 6.18 Å². The van der Waals surface area contributed by atoms with E-state index in [1.54, 1.807) is 11.9 Å². The number of halogens is 3. The molecule has 0 aliphatic rings. The highest BCUT2D eigenvalue weighted by molar-refractivity contribution is 5.80. The molecule has 18 heavy (non-hydrogen) atoms. The molecule has 5 nitrogen and oxygen atoms in total. The van der Waals surface area contributed by atoms with Crippen molar-refractivity contribution in [3.05, 3.63) is 23.9 Å². The highest BCUT2D eigenvalue weighted by Gasteiger charge is 2.30. The van der Waals surface area contributed by atoms with Crippen molar-refractivity contribution >= 4 is 11.7 Å². The van der Waals surface area contributed by atoms with Gasteiger partial charge in [0.1, 0.15) is 11.7 Å². The maximum atomic E-state index is 12.3. The van der Waals surface area contributed by atoms with Crippen LogP contribution in [0.1, 0.15) is 12.0 Å². The van der Waals surface area contributed by atoms with Crippen molar-refractivity contribution in [1.29, 1.82) is 0 Å². The van der Waals surface area contributed by atoms with Crippen LogP contribution in [0.5, 0.6) is 0 Å². The van der Waals surface area contributed by atoms with Gasteiger partial charge in [-0.3, -0.25) is 0 Å². The summed E-state index contributed by atoms with van der Waals surface area (Å²) in [5.41, 5.74) is 4.49. The van der Waals surface area contributed by atoms with E-state index in [0.717, 1.165) is 12.3 Å². The minimum Gasteiger partial charge on any atom is -0.409 e. The largest absolute Gasteiger partial charge is 0.417 e. The van der Waals surface area contributed by atoms with Crippen LogP contribution in [0.25, 0.3) is 0 Å². The van der Waals surface area contributed by atoms with Gasteiger partial charge in [-0.25, -0.2) is 4.98 Å². The molecule has 0 aliphatic heterocycles. The summed E-state index contributed by atoms with van der Waals surface area (Å²) in [6.07, 6.45) is -3.33. The topological polar surface area (TPSA) is 74.7 Å². The van der Waals surface area contributed by atoms with Crippen LogP contribution in [0, 0.1) is 0 Å². The minimum absolute atomic E-state index is 0.0498. The average Bonchev–Trinajstić information content (AvgIpc) is 2.34. The van der Waals surface area contributed by atoms with Crippen molar-refractivity contribution in [2.45, 2.75) is 12.6 Å². The van der Waals surface area contributed by atoms with Gasteiger partial charge < -0.3 is 15.8 Å². The number of aromatic nitrogens is 1. The van der Waals surface area contributed by atoms with E-state index in [1.807, 2.05) is 0 Å². The van der Waals surface area contributed by atoms with Gasteiger partial charge in [-0.1, -0.05) is 5.16 Å². The second-order valence-corrected chi connectivity index (χ2v) is 3.67.